The molecule has 0 aliphatic carbocycles. The highest BCUT2D eigenvalue weighted by Crippen LogP contribution is 2.09. The molecule has 0 bridgehead atoms. The molecule has 1 aliphatic rings. The van der Waals surface area contributed by atoms with E-state index in [9.17, 15) is 14.4 Å². The molecule has 202 valence electrons. The zero-order valence-corrected chi connectivity index (χ0v) is 22.8. The number of esters is 3. The normalized spacial score (nSPS) is 18.1. The second-order valence-electron chi connectivity index (χ2n) is 10.9. The Bertz CT molecular complexity index is 714. The molecule has 0 atom stereocenters. The third-order valence-corrected chi connectivity index (χ3v) is 4.86. The van der Waals surface area contributed by atoms with E-state index in [2.05, 4.69) is 11.9 Å². The van der Waals surface area contributed by atoms with Gasteiger partial charge >= 0.3 is 17.9 Å². The van der Waals surface area contributed by atoms with Gasteiger partial charge in [-0.1, -0.05) is 6.58 Å². The predicted molar refractivity (Wildman–Crippen MR) is 135 cm³/mol. The molecule has 0 amide bonds. The fraction of sp³-hybridized carbons (Fsp3) is 0.800. The van der Waals surface area contributed by atoms with Gasteiger partial charge in [0.1, 0.15) is 11.2 Å². The van der Waals surface area contributed by atoms with Crippen molar-refractivity contribution >= 4 is 17.9 Å². The topological polar surface area (TPSA) is 101 Å². The van der Waals surface area contributed by atoms with Crippen LogP contribution in [0.25, 0.3) is 0 Å². The van der Waals surface area contributed by atoms with Crippen molar-refractivity contribution in [1.29, 1.82) is 0 Å². The molecule has 0 aromatic heterocycles. The van der Waals surface area contributed by atoms with Crippen LogP contribution in [-0.4, -0.2) is 116 Å². The Hall–Kier alpha value is -2.01. The van der Waals surface area contributed by atoms with Gasteiger partial charge in [0.05, 0.1) is 25.4 Å². The van der Waals surface area contributed by atoms with Crippen molar-refractivity contribution < 1.29 is 28.6 Å². The highest BCUT2D eigenvalue weighted by atomic mass is 16.6. The maximum atomic E-state index is 12.5. The molecule has 35 heavy (non-hydrogen) atoms. The maximum absolute atomic E-state index is 12.5. The van der Waals surface area contributed by atoms with Gasteiger partial charge in [0.25, 0.3) is 0 Å². The van der Waals surface area contributed by atoms with E-state index in [1.807, 2.05) is 56.2 Å². The Labute approximate surface area is 210 Å². The Morgan fingerprint density at radius 3 is 1.37 bits per heavy atom. The number of rotatable bonds is 7. The summed E-state index contributed by atoms with van der Waals surface area (Å²) in [6.07, 6.45) is 0. The number of nitrogens with one attached hydrogen (secondary N) is 1. The Balaban J connectivity index is 2.88. The number of ether oxygens (including phenoxy) is 3. The van der Waals surface area contributed by atoms with Crippen LogP contribution < -0.4 is 5.32 Å². The van der Waals surface area contributed by atoms with E-state index in [0.717, 1.165) is 0 Å². The first-order chi connectivity index (χ1) is 16.1. The summed E-state index contributed by atoms with van der Waals surface area (Å²) in [5, 5.41) is 3.38. The minimum absolute atomic E-state index is 0.125. The monoisotopic (exact) mass is 498 g/mol. The molecule has 1 N–H and O–H groups in total. The first kappa shape index (κ1) is 31.0. The summed E-state index contributed by atoms with van der Waals surface area (Å²) < 4.78 is 16.1. The lowest BCUT2D eigenvalue weighted by atomic mass is 10.2. The summed E-state index contributed by atoms with van der Waals surface area (Å²) in [4.78, 5) is 43.2. The fourth-order valence-corrected chi connectivity index (χ4v) is 3.50. The number of allylic oxidation sites excluding steroid dienone is 1. The average Bonchev–Trinajstić information content (AvgIpc) is 2.64. The second-order valence-corrected chi connectivity index (χ2v) is 10.9. The molecule has 0 spiro atoms. The van der Waals surface area contributed by atoms with Gasteiger partial charge < -0.3 is 19.5 Å². The third-order valence-electron chi connectivity index (χ3n) is 4.86. The zero-order chi connectivity index (χ0) is 26.6. The van der Waals surface area contributed by atoms with E-state index in [4.69, 9.17) is 14.2 Å². The molecular weight excluding hydrogens is 452 g/mol. The molecule has 0 saturated carbocycles. The number of carbonyl (C=O) groups is 3. The Morgan fingerprint density at radius 2 is 1.03 bits per heavy atom. The summed E-state index contributed by atoms with van der Waals surface area (Å²) in [6.45, 7) is 21.7. The quantitative estimate of drug-likeness (QED) is 0.314. The Morgan fingerprint density at radius 1 is 0.686 bits per heavy atom. The van der Waals surface area contributed by atoms with E-state index in [1.54, 1.807) is 6.92 Å². The largest absolute Gasteiger partial charge is 0.459 e. The van der Waals surface area contributed by atoms with Gasteiger partial charge in [-0.05, 0) is 48.5 Å². The molecule has 0 radical (unpaired) electrons. The molecule has 0 unspecified atom stereocenters. The fourth-order valence-electron chi connectivity index (χ4n) is 3.50. The van der Waals surface area contributed by atoms with Gasteiger partial charge in [-0.25, -0.2) is 0 Å². The van der Waals surface area contributed by atoms with Crippen LogP contribution >= 0.6 is 0 Å². The lowest BCUT2D eigenvalue weighted by molar-refractivity contribution is -0.158. The van der Waals surface area contributed by atoms with Crippen LogP contribution in [-0.2, 0) is 28.6 Å². The van der Waals surface area contributed by atoms with Crippen molar-refractivity contribution in [2.45, 2.75) is 59.7 Å². The van der Waals surface area contributed by atoms with Crippen LogP contribution in [0.5, 0.6) is 0 Å². The summed E-state index contributed by atoms with van der Waals surface area (Å²) in [5.74, 6) is -0.574. The van der Waals surface area contributed by atoms with Gasteiger partial charge in [-0.15, -0.1) is 0 Å². The van der Waals surface area contributed by atoms with Crippen molar-refractivity contribution in [2.24, 2.45) is 0 Å². The van der Waals surface area contributed by atoms with Crippen LogP contribution in [0.3, 0.4) is 0 Å². The molecule has 0 aromatic carbocycles. The van der Waals surface area contributed by atoms with Gasteiger partial charge in [0, 0.05) is 52.4 Å². The first-order valence-electron chi connectivity index (χ1n) is 12.3. The summed E-state index contributed by atoms with van der Waals surface area (Å²) in [7, 11) is 0. The van der Waals surface area contributed by atoms with Crippen LogP contribution in [0, 0.1) is 0 Å². The molecule has 1 heterocycles. The predicted octanol–water partition coefficient (Wildman–Crippen LogP) is 1.26. The second kappa shape index (κ2) is 14.5. The minimum Gasteiger partial charge on any atom is -0.459 e. The van der Waals surface area contributed by atoms with Gasteiger partial charge in [0.15, 0.2) is 0 Å². The van der Waals surface area contributed by atoms with Crippen LogP contribution in [0.15, 0.2) is 12.3 Å². The van der Waals surface area contributed by atoms with Crippen molar-refractivity contribution in [3.8, 4) is 0 Å². The smallest absolute Gasteiger partial charge is 0.325 e. The van der Waals surface area contributed by atoms with Crippen molar-refractivity contribution in [2.75, 3.05) is 72.0 Å². The number of nitrogens with zero attached hydrogens (tertiary/aromatic N) is 3. The van der Waals surface area contributed by atoms with Crippen molar-refractivity contribution in [3.63, 3.8) is 0 Å². The highest BCUT2D eigenvalue weighted by Gasteiger charge is 2.23. The van der Waals surface area contributed by atoms with Crippen molar-refractivity contribution in [1.82, 2.24) is 20.0 Å². The van der Waals surface area contributed by atoms with E-state index >= 15 is 0 Å². The standard InChI is InChI=1S/C25H46N4O6/c1-20(2)33-21(30)17-27-11-9-26-10-12-28(18-22(31)34-24(3,4)5)14-16-29(15-13-27)19-23(32)35-25(6,7)8/h26H,1,9-19H2,2-8H3. The Kier molecular flexibility index (Phi) is 12.9. The SMILES string of the molecule is C=C(C)OC(=O)CN1CCNCCN(CC(=O)OC(C)(C)C)CCN(CC(=O)OC(C)(C)C)CC1. The maximum Gasteiger partial charge on any atom is 0.325 e. The molecule has 10 nitrogen and oxygen atoms in total. The molecule has 0 aromatic rings. The zero-order valence-electron chi connectivity index (χ0n) is 22.8. The molecular formula is C25H46N4O6. The van der Waals surface area contributed by atoms with Gasteiger partial charge in [-0.3, -0.25) is 29.1 Å². The lowest BCUT2D eigenvalue weighted by Crippen LogP contribution is -2.48. The third kappa shape index (κ3) is 16.3. The first-order valence-corrected chi connectivity index (χ1v) is 12.3. The molecule has 1 saturated heterocycles. The summed E-state index contributed by atoms with van der Waals surface area (Å²) in [5.41, 5.74) is -1.12. The average molecular weight is 499 g/mol. The van der Waals surface area contributed by atoms with E-state index in [-0.39, 0.29) is 37.5 Å². The highest BCUT2D eigenvalue weighted by molar-refractivity contribution is 5.73. The number of carbonyl (C=O) groups excluding carboxylic acids is 3. The van der Waals surface area contributed by atoms with Crippen LogP contribution in [0.1, 0.15) is 48.5 Å². The van der Waals surface area contributed by atoms with Crippen LogP contribution in [0.4, 0.5) is 0 Å². The van der Waals surface area contributed by atoms with Crippen molar-refractivity contribution in [3.05, 3.63) is 12.3 Å². The minimum atomic E-state index is -0.573. The van der Waals surface area contributed by atoms with E-state index in [1.165, 1.54) is 0 Å². The molecule has 10 heteroatoms. The molecule has 1 rings (SSSR count). The van der Waals surface area contributed by atoms with E-state index in [0.29, 0.717) is 58.1 Å². The lowest BCUT2D eigenvalue weighted by Gasteiger charge is -2.31. The van der Waals surface area contributed by atoms with Gasteiger partial charge in [-0.2, -0.15) is 0 Å². The molecule has 1 aliphatic heterocycles. The molecule has 1 fully saturated rings. The van der Waals surface area contributed by atoms with Gasteiger partial charge in [0.2, 0.25) is 0 Å². The van der Waals surface area contributed by atoms with E-state index < -0.39 is 11.2 Å². The number of hydrogen-bond acceptors (Lipinski definition) is 10. The summed E-state index contributed by atoms with van der Waals surface area (Å²) >= 11 is 0. The summed E-state index contributed by atoms with van der Waals surface area (Å²) in [6, 6.07) is 0. The number of hydrogen-bond donors (Lipinski definition) is 1. The van der Waals surface area contributed by atoms with Crippen LogP contribution in [0.2, 0.25) is 0 Å².